The number of hydrogen-bond donors (Lipinski definition) is 2. The molecule has 1 saturated heterocycles. The van der Waals surface area contributed by atoms with E-state index in [9.17, 15) is 18.3 Å². The number of nitrogens with one attached hydrogen (secondary N) is 1. The zero-order valence-electron chi connectivity index (χ0n) is 15.8. The van der Waals surface area contributed by atoms with Crippen molar-refractivity contribution in [3.8, 4) is 5.75 Å². The number of anilines is 1. The Morgan fingerprint density at radius 1 is 1.17 bits per heavy atom. The summed E-state index contributed by atoms with van der Waals surface area (Å²) in [6.45, 7) is 0.582. The van der Waals surface area contributed by atoms with E-state index in [4.69, 9.17) is 11.6 Å². The summed E-state index contributed by atoms with van der Waals surface area (Å²) in [6.07, 6.45) is 1.69. The number of carbonyl (C=O) groups excluding carboxylic acids is 1. The smallest absolute Gasteiger partial charge is 0.271 e. The van der Waals surface area contributed by atoms with Crippen LogP contribution in [0.1, 0.15) is 34.8 Å². The van der Waals surface area contributed by atoms with E-state index in [1.165, 1.54) is 24.3 Å². The normalized spacial score (nSPS) is 16.6. The fourth-order valence-corrected chi connectivity index (χ4v) is 5.76. The van der Waals surface area contributed by atoms with E-state index in [2.05, 4.69) is 4.72 Å². The molecule has 0 spiro atoms. The van der Waals surface area contributed by atoms with E-state index in [-0.39, 0.29) is 33.2 Å². The standard InChI is InChI=1S/C21H19ClN2O4S2/c22-15-7-5-14(6-8-15)18-3-1-11-24(18)21(26)17-10-9-16(13-19(17)25)23-30(27,28)20-4-2-12-29-20/h2,4-10,12-13,18,23,25H,1,3,11H2. The number of benzene rings is 2. The number of phenols is 1. The summed E-state index contributed by atoms with van der Waals surface area (Å²) in [5.74, 6) is -0.564. The molecule has 0 aliphatic carbocycles. The molecular weight excluding hydrogens is 444 g/mol. The highest BCUT2D eigenvalue weighted by Crippen LogP contribution is 2.35. The van der Waals surface area contributed by atoms with Gasteiger partial charge in [0.2, 0.25) is 0 Å². The fraction of sp³-hybridized carbons (Fsp3) is 0.190. The van der Waals surface area contributed by atoms with Gasteiger partial charge in [0.25, 0.3) is 15.9 Å². The van der Waals surface area contributed by atoms with Gasteiger partial charge in [-0.05, 0) is 54.1 Å². The molecule has 6 nitrogen and oxygen atoms in total. The third-order valence-electron chi connectivity index (χ3n) is 5.01. The second-order valence-corrected chi connectivity index (χ2v) is 10.3. The van der Waals surface area contributed by atoms with Gasteiger partial charge in [-0.3, -0.25) is 9.52 Å². The highest BCUT2D eigenvalue weighted by molar-refractivity contribution is 7.94. The maximum atomic E-state index is 13.1. The molecule has 1 atom stereocenters. The molecule has 3 aromatic rings. The van der Waals surface area contributed by atoms with Gasteiger partial charge >= 0.3 is 0 Å². The number of hydrogen-bond acceptors (Lipinski definition) is 5. The van der Waals surface area contributed by atoms with Gasteiger partial charge in [-0.2, -0.15) is 0 Å². The topological polar surface area (TPSA) is 86.7 Å². The van der Waals surface area contributed by atoms with Crippen LogP contribution in [0.2, 0.25) is 5.02 Å². The molecular formula is C21H19ClN2O4S2. The maximum Gasteiger partial charge on any atom is 0.271 e. The van der Waals surface area contributed by atoms with Crippen LogP contribution in [0, 0.1) is 0 Å². The minimum absolute atomic E-state index is 0.0915. The molecule has 1 fully saturated rings. The number of likely N-dealkylation sites (tertiary alicyclic amines) is 1. The first-order valence-electron chi connectivity index (χ1n) is 9.31. The van der Waals surface area contributed by atoms with Crippen LogP contribution in [-0.4, -0.2) is 30.9 Å². The second-order valence-electron chi connectivity index (χ2n) is 6.98. The van der Waals surface area contributed by atoms with E-state index in [1.807, 2.05) is 12.1 Å². The van der Waals surface area contributed by atoms with Gasteiger partial charge in [-0.1, -0.05) is 29.8 Å². The zero-order valence-corrected chi connectivity index (χ0v) is 18.2. The molecule has 1 aliphatic rings. The minimum atomic E-state index is -3.73. The number of nitrogens with zero attached hydrogens (tertiary/aromatic N) is 1. The van der Waals surface area contributed by atoms with Crippen LogP contribution in [0.25, 0.3) is 0 Å². The summed E-state index contributed by atoms with van der Waals surface area (Å²) >= 11 is 7.06. The number of carbonyl (C=O) groups is 1. The molecule has 156 valence electrons. The third kappa shape index (κ3) is 4.16. The lowest BCUT2D eigenvalue weighted by molar-refractivity contribution is 0.0732. The Hall–Kier alpha value is -2.55. The summed E-state index contributed by atoms with van der Waals surface area (Å²) in [5.41, 5.74) is 1.31. The SMILES string of the molecule is O=C(c1ccc(NS(=O)(=O)c2cccs2)cc1O)N1CCCC1c1ccc(Cl)cc1. The summed E-state index contributed by atoms with van der Waals surface area (Å²) in [6, 6.07) is 14.6. The van der Waals surface area contributed by atoms with Crippen molar-refractivity contribution >= 4 is 44.6 Å². The number of halogens is 1. The molecule has 1 unspecified atom stereocenters. The minimum Gasteiger partial charge on any atom is -0.507 e. The molecule has 1 amide bonds. The number of thiophene rings is 1. The summed E-state index contributed by atoms with van der Waals surface area (Å²) in [7, 11) is -3.73. The lowest BCUT2D eigenvalue weighted by Gasteiger charge is -2.25. The molecule has 2 N–H and O–H groups in total. The molecule has 4 rings (SSSR count). The number of sulfonamides is 1. The van der Waals surface area contributed by atoms with Crippen LogP contribution in [0.15, 0.2) is 64.2 Å². The fourth-order valence-electron chi connectivity index (χ4n) is 3.59. The van der Waals surface area contributed by atoms with Gasteiger partial charge in [0, 0.05) is 17.6 Å². The van der Waals surface area contributed by atoms with Crippen molar-refractivity contribution in [3.63, 3.8) is 0 Å². The first-order chi connectivity index (χ1) is 14.3. The molecule has 0 saturated carbocycles. The average Bonchev–Trinajstić information content (AvgIpc) is 3.40. The number of aromatic hydroxyl groups is 1. The molecule has 1 aliphatic heterocycles. The van der Waals surface area contributed by atoms with E-state index >= 15 is 0 Å². The van der Waals surface area contributed by atoms with Crippen molar-refractivity contribution < 1.29 is 18.3 Å². The van der Waals surface area contributed by atoms with E-state index in [1.54, 1.807) is 28.5 Å². The highest BCUT2D eigenvalue weighted by Gasteiger charge is 2.31. The van der Waals surface area contributed by atoms with Crippen LogP contribution in [0.3, 0.4) is 0 Å². The molecule has 1 aromatic heterocycles. The molecule has 9 heteroatoms. The summed E-state index contributed by atoms with van der Waals surface area (Å²) in [5, 5.41) is 12.7. The van der Waals surface area contributed by atoms with Crippen LogP contribution in [-0.2, 0) is 10.0 Å². The molecule has 2 aromatic carbocycles. The van der Waals surface area contributed by atoms with Crippen molar-refractivity contribution in [2.75, 3.05) is 11.3 Å². The van der Waals surface area contributed by atoms with Crippen molar-refractivity contribution in [1.82, 2.24) is 4.90 Å². The summed E-state index contributed by atoms with van der Waals surface area (Å²) < 4.78 is 27.3. The molecule has 30 heavy (non-hydrogen) atoms. The van der Waals surface area contributed by atoms with Crippen molar-refractivity contribution in [2.45, 2.75) is 23.1 Å². The van der Waals surface area contributed by atoms with Gasteiger partial charge in [0.15, 0.2) is 0 Å². The van der Waals surface area contributed by atoms with Crippen LogP contribution in [0.5, 0.6) is 5.75 Å². The van der Waals surface area contributed by atoms with Gasteiger partial charge < -0.3 is 10.0 Å². The van der Waals surface area contributed by atoms with Gasteiger partial charge in [-0.15, -0.1) is 11.3 Å². The largest absolute Gasteiger partial charge is 0.507 e. The molecule has 0 radical (unpaired) electrons. The lowest BCUT2D eigenvalue weighted by atomic mass is 10.0. The second kappa shape index (κ2) is 8.29. The first kappa shape index (κ1) is 20.7. The zero-order chi connectivity index (χ0) is 21.3. The lowest BCUT2D eigenvalue weighted by Crippen LogP contribution is -2.30. The van der Waals surface area contributed by atoms with Crippen molar-refractivity contribution in [3.05, 3.63) is 76.1 Å². The van der Waals surface area contributed by atoms with Crippen molar-refractivity contribution in [1.29, 1.82) is 0 Å². The Balaban J connectivity index is 1.55. The van der Waals surface area contributed by atoms with E-state index < -0.39 is 10.0 Å². The Bertz CT molecular complexity index is 1160. The Morgan fingerprint density at radius 3 is 2.60 bits per heavy atom. The average molecular weight is 463 g/mol. The predicted octanol–water partition coefficient (Wildman–Crippen LogP) is 4.89. The third-order valence-corrected chi connectivity index (χ3v) is 8.04. The highest BCUT2D eigenvalue weighted by atomic mass is 35.5. The van der Waals surface area contributed by atoms with Crippen molar-refractivity contribution in [2.24, 2.45) is 0 Å². The number of amides is 1. The van der Waals surface area contributed by atoms with E-state index in [0.29, 0.717) is 11.6 Å². The van der Waals surface area contributed by atoms with E-state index in [0.717, 1.165) is 29.7 Å². The molecule has 2 heterocycles. The predicted molar refractivity (Wildman–Crippen MR) is 118 cm³/mol. The number of phenolic OH excluding ortho intramolecular Hbond substituents is 1. The number of rotatable bonds is 5. The Labute approximate surface area is 183 Å². The monoisotopic (exact) mass is 462 g/mol. The van der Waals surface area contributed by atoms with Crippen LogP contribution < -0.4 is 4.72 Å². The summed E-state index contributed by atoms with van der Waals surface area (Å²) in [4.78, 5) is 14.8. The van der Waals surface area contributed by atoms with Gasteiger partial charge in [0.05, 0.1) is 17.3 Å². The first-order valence-corrected chi connectivity index (χ1v) is 12.0. The Kier molecular flexibility index (Phi) is 5.73. The van der Waals surface area contributed by atoms with Gasteiger partial charge in [-0.25, -0.2) is 8.42 Å². The molecule has 0 bridgehead atoms. The van der Waals surface area contributed by atoms with Gasteiger partial charge in [0.1, 0.15) is 9.96 Å². The van der Waals surface area contributed by atoms with Crippen LogP contribution >= 0.6 is 22.9 Å². The maximum absolute atomic E-state index is 13.1. The Morgan fingerprint density at radius 2 is 1.93 bits per heavy atom. The van der Waals surface area contributed by atoms with Crippen LogP contribution in [0.4, 0.5) is 5.69 Å². The quantitative estimate of drug-likeness (QED) is 0.565.